The molecule has 0 unspecified atom stereocenters. The molecule has 0 aliphatic heterocycles. The Morgan fingerprint density at radius 2 is 2.00 bits per heavy atom. The van der Waals surface area contributed by atoms with Crippen molar-refractivity contribution in [3.8, 4) is 0 Å². The van der Waals surface area contributed by atoms with Crippen molar-refractivity contribution in [2.45, 2.75) is 18.4 Å². The van der Waals surface area contributed by atoms with Crippen LogP contribution in [0.15, 0.2) is 66.4 Å². The number of hydrogen-bond donors (Lipinski definition) is 0. The fourth-order valence-corrected chi connectivity index (χ4v) is 4.18. The molecule has 2 heterocycles. The van der Waals surface area contributed by atoms with Gasteiger partial charge in [-0.05, 0) is 45.0 Å². The first-order valence-corrected chi connectivity index (χ1v) is 9.02. The van der Waals surface area contributed by atoms with E-state index in [2.05, 4.69) is 4.98 Å². The molecule has 0 amide bonds. The van der Waals surface area contributed by atoms with Crippen molar-refractivity contribution < 1.29 is 9.72 Å². The Bertz CT molecular complexity index is 977. The van der Waals surface area contributed by atoms with Gasteiger partial charge in [-0.15, -0.1) is 11.3 Å². The molecule has 1 aromatic carbocycles. The number of thiophene rings is 1. The van der Waals surface area contributed by atoms with Crippen LogP contribution in [-0.4, -0.2) is 20.3 Å². The van der Waals surface area contributed by atoms with Crippen molar-refractivity contribution in [1.29, 1.82) is 0 Å². The van der Waals surface area contributed by atoms with Gasteiger partial charge in [0, 0.05) is 10.8 Å². The number of nitro groups is 1. The van der Waals surface area contributed by atoms with Gasteiger partial charge in [0.05, 0.1) is 0 Å². The van der Waals surface area contributed by atoms with Gasteiger partial charge in [0.25, 0.3) is 0 Å². The Hall–Kier alpha value is -3.06. The number of carbonyl (C=O) groups excluding carboxylic acids is 1. The minimum atomic E-state index is -0.547. The van der Waals surface area contributed by atoms with E-state index in [0.717, 1.165) is 16.0 Å². The van der Waals surface area contributed by atoms with Crippen LogP contribution in [0.4, 0.5) is 5.82 Å². The number of ketones is 1. The van der Waals surface area contributed by atoms with Crippen LogP contribution in [0.5, 0.6) is 0 Å². The molecule has 7 heteroatoms. The highest BCUT2D eigenvalue weighted by Gasteiger charge is 2.36. The lowest BCUT2D eigenvalue weighted by Gasteiger charge is -2.30. The molecule has 3 aromatic rings. The summed E-state index contributed by atoms with van der Waals surface area (Å²) in [5.74, 6) is -0.432. The topological polar surface area (TPSA) is 78.0 Å². The minimum Gasteiger partial charge on any atom is -0.358 e. The fourth-order valence-electron chi connectivity index (χ4n) is 3.42. The average molecular weight is 365 g/mol. The van der Waals surface area contributed by atoms with E-state index in [4.69, 9.17) is 0 Å². The molecule has 0 saturated heterocycles. The van der Waals surface area contributed by atoms with E-state index in [1.54, 1.807) is 22.0 Å². The molecule has 0 N–H and O–H groups in total. The SMILES string of the molecule is O=C1C=C(c2cccs2)C[C@@H](c2ccccc2)[C@@H]1n1cnc([N+](=O)[O-])c1. The molecule has 0 saturated carbocycles. The normalized spacial score (nSPS) is 20.0. The summed E-state index contributed by atoms with van der Waals surface area (Å²) in [6.45, 7) is 0. The standard InChI is InChI=1S/C19H15N3O3S/c23-16-10-14(17-7-4-8-26-17)9-15(13-5-2-1-3-6-13)19(16)21-11-18(20-12-21)22(24)25/h1-8,10-12,15,19H,9H2/t15-,19-/m0/s1. The first kappa shape index (κ1) is 16.4. The van der Waals surface area contributed by atoms with E-state index in [9.17, 15) is 14.9 Å². The van der Waals surface area contributed by atoms with E-state index in [1.165, 1.54) is 12.5 Å². The number of allylic oxidation sites excluding steroid dienone is 2. The van der Waals surface area contributed by atoms with Gasteiger partial charge in [0.15, 0.2) is 5.78 Å². The molecule has 0 radical (unpaired) electrons. The molecule has 0 spiro atoms. The molecule has 0 fully saturated rings. The van der Waals surface area contributed by atoms with Crippen LogP contribution >= 0.6 is 11.3 Å². The van der Waals surface area contributed by atoms with Crippen molar-refractivity contribution in [2.75, 3.05) is 0 Å². The van der Waals surface area contributed by atoms with Crippen LogP contribution in [0.1, 0.15) is 28.8 Å². The summed E-state index contributed by atoms with van der Waals surface area (Å²) in [7, 11) is 0. The molecule has 1 aliphatic carbocycles. The van der Waals surface area contributed by atoms with Gasteiger partial charge in [-0.2, -0.15) is 0 Å². The maximum atomic E-state index is 13.0. The van der Waals surface area contributed by atoms with Crippen LogP contribution in [0.3, 0.4) is 0 Å². The van der Waals surface area contributed by atoms with Crippen molar-refractivity contribution in [3.05, 3.63) is 87.0 Å². The Morgan fingerprint density at radius 3 is 2.65 bits per heavy atom. The van der Waals surface area contributed by atoms with Gasteiger partial charge in [0.2, 0.25) is 6.33 Å². The lowest BCUT2D eigenvalue weighted by atomic mass is 9.79. The summed E-state index contributed by atoms with van der Waals surface area (Å²) in [6.07, 6.45) is 5.07. The number of aromatic nitrogens is 2. The van der Waals surface area contributed by atoms with E-state index in [1.807, 2.05) is 47.8 Å². The van der Waals surface area contributed by atoms with E-state index in [-0.39, 0.29) is 17.5 Å². The first-order valence-electron chi connectivity index (χ1n) is 8.14. The monoisotopic (exact) mass is 365 g/mol. The highest BCUT2D eigenvalue weighted by atomic mass is 32.1. The molecule has 2 aromatic heterocycles. The van der Waals surface area contributed by atoms with E-state index >= 15 is 0 Å². The van der Waals surface area contributed by atoms with Gasteiger partial charge >= 0.3 is 5.82 Å². The molecular formula is C19H15N3O3S. The fraction of sp³-hybridized carbons (Fsp3) is 0.158. The number of nitrogens with zero attached hydrogens (tertiary/aromatic N) is 3. The Labute approximate surface area is 153 Å². The third-order valence-electron chi connectivity index (χ3n) is 4.59. The van der Waals surface area contributed by atoms with Gasteiger partial charge in [-0.1, -0.05) is 36.4 Å². The Kier molecular flexibility index (Phi) is 4.22. The lowest BCUT2D eigenvalue weighted by Crippen LogP contribution is -2.28. The highest BCUT2D eigenvalue weighted by Crippen LogP contribution is 2.43. The second kappa shape index (κ2) is 6.68. The zero-order valence-corrected chi connectivity index (χ0v) is 14.5. The van der Waals surface area contributed by atoms with Crippen molar-refractivity contribution in [1.82, 2.24) is 9.55 Å². The third kappa shape index (κ3) is 2.97. The Balaban J connectivity index is 1.78. The van der Waals surface area contributed by atoms with E-state index in [0.29, 0.717) is 6.42 Å². The third-order valence-corrected chi connectivity index (χ3v) is 5.54. The minimum absolute atomic E-state index is 0.0687. The molecule has 6 nitrogen and oxygen atoms in total. The van der Waals surface area contributed by atoms with Gasteiger partial charge in [-0.25, -0.2) is 0 Å². The highest BCUT2D eigenvalue weighted by molar-refractivity contribution is 7.11. The lowest BCUT2D eigenvalue weighted by molar-refractivity contribution is -0.389. The van der Waals surface area contributed by atoms with Crippen LogP contribution < -0.4 is 0 Å². The molecule has 2 atom stereocenters. The molecule has 26 heavy (non-hydrogen) atoms. The van der Waals surface area contributed by atoms with Crippen LogP contribution in [0, 0.1) is 10.1 Å². The van der Waals surface area contributed by atoms with Gasteiger partial charge in [-0.3, -0.25) is 9.36 Å². The molecule has 4 rings (SSSR count). The number of rotatable bonds is 4. The maximum absolute atomic E-state index is 13.0. The smallest absolute Gasteiger partial charge is 0.358 e. The largest absolute Gasteiger partial charge is 0.381 e. The zero-order valence-electron chi connectivity index (χ0n) is 13.7. The summed E-state index contributed by atoms with van der Waals surface area (Å²) >= 11 is 1.60. The van der Waals surface area contributed by atoms with Crippen molar-refractivity contribution in [2.24, 2.45) is 0 Å². The molecular weight excluding hydrogens is 350 g/mol. The predicted molar refractivity (Wildman–Crippen MR) is 99.0 cm³/mol. The summed E-state index contributed by atoms with van der Waals surface area (Å²) in [5, 5.41) is 13.0. The zero-order chi connectivity index (χ0) is 18.1. The Morgan fingerprint density at radius 1 is 1.19 bits per heavy atom. The second-order valence-electron chi connectivity index (χ2n) is 6.15. The van der Waals surface area contributed by atoms with Gasteiger partial charge in [0.1, 0.15) is 12.2 Å². The molecule has 1 aliphatic rings. The quantitative estimate of drug-likeness (QED) is 0.512. The summed E-state index contributed by atoms with van der Waals surface area (Å²) in [4.78, 5) is 28.3. The number of carbonyl (C=O) groups is 1. The first-order chi connectivity index (χ1) is 12.6. The predicted octanol–water partition coefficient (Wildman–Crippen LogP) is 4.23. The summed E-state index contributed by atoms with van der Waals surface area (Å²) < 4.78 is 1.57. The van der Waals surface area contributed by atoms with Crippen LogP contribution in [0.2, 0.25) is 0 Å². The maximum Gasteiger partial charge on any atom is 0.381 e. The van der Waals surface area contributed by atoms with Gasteiger partial charge < -0.3 is 10.1 Å². The van der Waals surface area contributed by atoms with Crippen LogP contribution in [0.25, 0.3) is 5.57 Å². The van der Waals surface area contributed by atoms with E-state index < -0.39 is 11.0 Å². The van der Waals surface area contributed by atoms with Crippen molar-refractivity contribution in [3.63, 3.8) is 0 Å². The summed E-state index contributed by atoms with van der Waals surface area (Å²) in [6, 6.07) is 13.2. The number of imidazole rings is 1. The molecule has 0 bridgehead atoms. The van der Waals surface area contributed by atoms with Crippen LogP contribution in [-0.2, 0) is 4.79 Å². The molecule has 130 valence electrons. The summed E-state index contributed by atoms with van der Waals surface area (Å²) in [5.41, 5.74) is 2.04. The number of benzene rings is 1. The number of hydrogen-bond acceptors (Lipinski definition) is 5. The second-order valence-corrected chi connectivity index (χ2v) is 7.10. The average Bonchev–Trinajstić information content (AvgIpc) is 3.34. The van der Waals surface area contributed by atoms with Crippen molar-refractivity contribution >= 4 is 28.5 Å².